The summed E-state index contributed by atoms with van der Waals surface area (Å²) in [4.78, 5) is 56.2. The molecule has 0 spiro atoms. The number of anilines is 1. The van der Waals surface area contributed by atoms with Crippen LogP contribution in [0.2, 0.25) is 0 Å². The van der Waals surface area contributed by atoms with Crippen molar-refractivity contribution in [1.29, 1.82) is 0 Å². The monoisotopic (exact) mass is 446 g/mol. The molecule has 32 heavy (non-hydrogen) atoms. The van der Waals surface area contributed by atoms with Gasteiger partial charge in [0.1, 0.15) is 0 Å². The molecule has 1 fully saturated rings. The average Bonchev–Trinajstić information content (AvgIpc) is 3.41. The summed E-state index contributed by atoms with van der Waals surface area (Å²) in [7, 11) is 0. The molecule has 1 aliphatic heterocycles. The molecule has 8 nitrogen and oxygen atoms in total. The first-order valence-corrected chi connectivity index (χ1v) is 10.8. The van der Waals surface area contributed by atoms with Gasteiger partial charge in [-0.3, -0.25) is 29.2 Å². The van der Waals surface area contributed by atoms with Gasteiger partial charge in [0.25, 0.3) is 5.56 Å². The number of hydrogen-bond acceptors (Lipinski definition) is 6. The van der Waals surface area contributed by atoms with Gasteiger partial charge < -0.3 is 0 Å². The molecule has 1 atom stereocenters. The number of ketones is 1. The summed E-state index contributed by atoms with van der Waals surface area (Å²) >= 11 is 1.36. The molecule has 160 valence electrons. The Morgan fingerprint density at radius 3 is 2.50 bits per heavy atom. The minimum atomic E-state index is -0.880. The van der Waals surface area contributed by atoms with E-state index in [9.17, 15) is 19.2 Å². The van der Waals surface area contributed by atoms with Crippen molar-refractivity contribution < 1.29 is 14.4 Å². The molecule has 2 aromatic heterocycles. The molecule has 0 bridgehead atoms. The normalized spacial score (nSPS) is 16.3. The van der Waals surface area contributed by atoms with Crippen molar-refractivity contribution in [3.05, 3.63) is 75.7 Å². The number of nitrogens with zero attached hydrogens (tertiary/aromatic N) is 3. The Labute approximate surface area is 186 Å². The van der Waals surface area contributed by atoms with Crippen LogP contribution in [-0.2, 0) is 9.59 Å². The molecule has 0 aliphatic carbocycles. The molecule has 0 saturated carbocycles. The largest absolute Gasteiger partial charge is 0.295 e. The van der Waals surface area contributed by atoms with Gasteiger partial charge in [0, 0.05) is 17.7 Å². The van der Waals surface area contributed by atoms with Crippen LogP contribution in [0.5, 0.6) is 0 Å². The molecule has 5 rings (SSSR count). The fraction of sp³-hybridized carbons (Fsp3) is 0.174. The maximum atomic E-state index is 13.2. The highest BCUT2D eigenvalue weighted by Gasteiger charge is 2.43. The molecule has 0 unspecified atom stereocenters. The maximum Gasteiger partial charge on any atom is 0.277 e. The van der Waals surface area contributed by atoms with E-state index in [1.165, 1.54) is 22.9 Å². The number of aromatic amines is 1. The van der Waals surface area contributed by atoms with E-state index in [2.05, 4.69) is 10.1 Å². The summed E-state index contributed by atoms with van der Waals surface area (Å²) in [5.41, 5.74) is 2.05. The van der Waals surface area contributed by atoms with Crippen LogP contribution >= 0.6 is 11.3 Å². The van der Waals surface area contributed by atoms with Gasteiger partial charge in [-0.05, 0) is 50.2 Å². The lowest BCUT2D eigenvalue weighted by Gasteiger charge is -2.15. The molecule has 2 amide bonds. The molecule has 1 N–H and O–H groups in total. The number of hydrogen-bond donors (Lipinski definition) is 1. The third-order valence-electron chi connectivity index (χ3n) is 5.62. The minimum absolute atomic E-state index is 0.0962. The molecule has 9 heteroatoms. The number of aromatic nitrogens is 3. The first kappa shape index (κ1) is 20.1. The topological polar surface area (TPSA) is 105 Å². The Balaban J connectivity index is 1.51. The third kappa shape index (κ3) is 3.09. The lowest BCUT2D eigenvalue weighted by Crippen LogP contribution is -2.31. The summed E-state index contributed by atoms with van der Waals surface area (Å²) in [5, 5.41) is 3.48. The lowest BCUT2D eigenvalue weighted by atomic mass is 9.98. The predicted molar refractivity (Wildman–Crippen MR) is 121 cm³/mol. The van der Waals surface area contributed by atoms with Crippen LogP contribution in [0.1, 0.15) is 40.9 Å². The first-order chi connectivity index (χ1) is 15.3. The fourth-order valence-corrected chi connectivity index (χ4v) is 4.96. The Morgan fingerprint density at radius 1 is 1.09 bits per heavy atom. The number of para-hydroxylation sites is 1. The second-order valence-electron chi connectivity index (χ2n) is 7.68. The predicted octanol–water partition coefficient (Wildman–Crippen LogP) is 3.33. The van der Waals surface area contributed by atoms with Crippen molar-refractivity contribution in [1.82, 2.24) is 14.8 Å². The van der Waals surface area contributed by atoms with E-state index in [1.54, 1.807) is 31.2 Å². The smallest absolute Gasteiger partial charge is 0.277 e. The van der Waals surface area contributed by atoms with Crippen LogP contribution in [0.15, 0.2) is 53.3 Å². The van der Waals surface area contributed by atoms with Crippen molar-refractivity contribution in [2.75, 3.05) is 4.90 Å². The molecule has 0 radical (unpaired) electrons. The number of imide groups is 1. The van der Waals surface area contributed by atoms with Crippen LogP contribution in [0, 0.1) is 6.92 Å². The van der Waals surface area contributed by atoms with Gasteiger partial charge in [0.05, 0.1) is 27.4 Å². The van der Waals surface area contributed by atoms with Gasteiger partial charge >= 0.3 is 0 Å². The summed E-state index contributed by atoms with van der Waals surface area (Å²) in [5.74, 6) is -1.83. The molecule has 3 heterocycles. The zero-order valence-corrected chi connectivity index (χ0v) is 18.1. The lowest BCUT2D eigenvalue weighted by molar-refractivity contribution is -0.121. The van der Waals surface area contributed by atoms with E-state index in [0.29, 0.717) is 22.1 Å². The van der Waals surface area contributed by atoms with Gasteiger partial charge in [-0.25, -0.2) is 4.98 Å². The van der Waals surface area contributed by atoms with Crippen LogP contribution < -0.4 is 10.5 Å². The molecule has 1 saturated heterocycles. The quantitative estimate of drug-likeness (QED) is 0.382. The molecule has 2 aromatic carbocycles. The van der Waals surface area contributed by atoms with Crippen LogP contribution in [0.3, 0.4) is 0 Å². The van der Waals surface area contributed by atoms with E-state index in [1.807, 2.05) is 24.3 Å². The van der Waals surface area contributed by atoms with Gasteiger partial charge in [0.15, 0.2) is 5.78 Å². The molecule has 1 aliphatic rings. The molecule has 4 aromatic rings. The van der Waals surface area contributed by atoms with E-state index in [-0.39, 0.29) is 29.2 Å². The van der Waals surface area contributed by atoms with Gasteiger partial charge in [-0.2, -0.15) is 4.68 Å². The van der Waals surface area contributed by atoms with E-state index < -0.39 is 11.8 Å². The number of carbonyl (C=O) groups is 3. The molecular formula is C23H18N4O4S. The summed E-state index contributed by atoms with van der Waals surface area (Å²) < 4.78 is 2.27. The zero-order chi connectivity index (χ0) is 22.6. The number of benzene rings is 2. The highest BCUT2D eigenvalue weighted by atomic mass is 32.1. The number of rotatable bonds is 4. The van der Waals surface area contributed by atoms with E-state index >= 15 is 0 Å². The van der Waals surface area contributed by atoms with Gasteiger partial charge in [0.2, 0.25) is 16.9 Å². The summed E-state index contributed by atoms with van der Waals surface area (Å²) in [6.45, 7) is 3.16. The highest BCUT2D eigenvalue weighted by Crippen LogP contribution is 2.33. The maximum absolute atomic E-state index is 13.2. The number of carbonyl (C=O) groups excluding carboxylic acids is 3. The second kappa shape index (κ2) is 7.38. The number of fused-ring (bicyclic) bond motifs is 1. The van der Waals surface area contributed by atoms with Gasteiger partial charge in [-0.15, -0.1) is 0 Å². The second-order valence-corrected chi connectivity index (χ2v) is 8.69. The van der Waals surface area contributed by atoms with Crippen molar-refractivity contribution in [2.45, 2.75) is 26.2 Å². The number of nitrogens with one attached hydrogen (secondary N) is 1. The zero-order valence-electron chi connectivity index (χ0n) is 17.3. The van der Waals surface area contributed by atoms with Crippen LogP contribution in [0.25, 0.3) is 15.3 Å². The SMILES string of the molecule is CC(=O)c1ccc(N2C(=O)C[C@H](c3c(C)[nH]n(-c4nc5ccccc5s4)c3=O)C2=O)cc1. The van der Waals surface area contributed by atoms with Crippen LogP contribution in [0.4, 0.5) is 5.69 Å². The average molecular weight is 446 g/mol. The first-order valence-electron chi connectivity index (χ1n) is 10.0. The standard InChI is InChI=1S/C23H18N4O4S/c1-12-20(22(31)27(25-12)23-24-17-5-3-4-6-18(17)32-23)16-11-19(29)26(21(16)30)15-9-7-14(8-10-15)13(2)28/h3-10,16,25H,11H2,1-2H3/t16-/m1/s1. The third-order valence-corrected chi connectivity index (χ3v) is 6.64. The Kier molecular flexibility index (Phi) is 4.63. The van der Waals surface area contributed by atoms with Gasteiger partial charge in [-0.1, -0.05) is 23.5 Å². The number of aryl methyl sites for hydroxylation is 1. The fourth-order valence-electron chi connectivity index (χ4n) is 4.03. The number of Topliss-reactive ketones (excluding diaryl/α,β-unsaturated/α-hetero) is 1. The number of thiazole rings is 1. The Bertz CT molecular complexity index is 1430. The summed E-state index contributed by atoms with van der Waals surface area (Å²) in [6.07, 6.45) is -0.0962. The van der Waals surface area contributed by atoms with Crippen molar-refractivity contribution in [3.63, 3.8) is 0 Å². The summed E-state index contributed by atoms with van der Waals surface area (Å²) in [6, 6.07) is 13.9. The van der Waals surface area contributed by atoms with Crippen molar-refractivity contribution in [3.8, 4) is 5.13 Å². The van der Waals surface area contributed by atoms with E-state index in [4.69, 9.17) is 0 Å². The highest BCUT2D eigenvalue weighted by molar-refractivity contribution is 7.20. The Hall–Kier alpha value is -3.85. The Morgan fingerprint density at radius 2 is 1.81 bits per heavy atom. The molecular weight excluding hydrogens is 428 g/mol. The number of amides is 2. The minimum Gasteiger partial charge on any atom is -0.295 e. The van der Waals surface area contributed by atoms with E-state index in [0.717, 1.165) is 15.1 Å². The van der Waals surface area contributed by atoms with Crippen molar-refractivity contribution >= 4 is 44.8 Å². The number of H-pyrrole nitrogens is 1. The van der Waals surface area contributed by atoms with Crippen LogP contribution in [-0.4, -0.2) is 32.4 Å². The van der Waals surface area contributed by atoms with Crippen molar-refractivity contribution in [2.24, 2.45) is 0 Å².